The number of amides is 3. The quantitative estimate of drug-likeness (QED) is 0.550. The van der Waals surface area contributed by atoms with Crippen LogP contribution in [0.25, 0.3) is 0 Å². The molecule has 10 heteroatoms. The fraction of sp³-hybridized carbons (Fsp3) is 0.593. The third-order valence-electron chi connectivity index (χ3n) is 8.24. The van der Waals surface area contributed by atoms with Gasteiger partial charge in [0.2, 0.25) is 11.8 Å². The Labute approximate surface area is 216 Å². The highest BCUT2D eigenvalue weighted by Crippen LogP contribution is 2.44. The van der Waals surface area contributed by atoms with Crippen LogP contribution in [0.1, 0.15) is 74.1 Å². The molecular weight excluding hydrogens is 472 g/mol. The first kappa shape index (κ1) is 25.4. The van der Waals surface area contributed by atoms with Crippen molar-refractivity contribution in [2.75, 3.05) is 23.8 Å². The molecule has 10 nitrogen and oxygen atoms in total. The van der Waals surface area contributed by atoms with E-state index in [-0.39, 0.29) is 23.6 Å². The van der Waals surface area contributed by atoms with Gasteiger partial charge in [0, 0.05) is 37.6 Å². The first-order valence-corrected chi connectivity index (χ1v) is 13.4. The maximum Gasteiger partial charge on any atom is 0.270 e. The topological polar surface area (TPSA) is 127 Å². The molecular formula is C27H36N6O4. The molecule has 1 saturated carbocycles. The van der Waals surface area contributed by atoms with Crippen LogP contribution in [0, 0.1) is 18.8 Å². The Balaban J connectivity index is 1.36. The third-order valence-corrected chi connectivity index (χ3v) is 8.24. The summed E-state index contributed by atoms with van der Waals surface area (Å²) in [6, 6.07) is 2.76. The fourth-order valence-corrected chi connectivity index (χ4v) is 5.99. The number of aryl methyl sites for hydroxylation is 2. The third kappa shape index (κ3) is 4.86. The van der Waals surface area contributed by atoms with Crippen LogP contribution in [0.4, 0.5) is 11.5 Å². The number of rotatable bonds is 6. The molecule has 3 aliphatic rings. The second-order valence-corrected chi connectivity index (χ2v) is 10.7. The molecule has 0 bridgehead atoms. The Morgan fingerprint density at radius 2 is 1.95 bits per heavy atom. The minimum atomic E-state index is -0.702. The number of pyridine rings is 1. The predicted molar refractivity (Wildman–Crippen MR) is 138 cm³/mol. The number of aromatic nitrogens is 3. The Hall–Kier alpha value is -3.27. The van der Waals surface area contributed by atoms with Crippen molar-refractivity contribution in [1.29, 1.82) is 0 Å². The summed E-state index contributed by atoms with van der Waals surface area (Å²) >= 11 is 0. The number of anilines is 2. The summed E-state index contributed by atoms with van der Waals surface area (Å²) in [6.07, 6.45) is 6.68. The number of fused-ring (bicyclic) bond motifs is 2. The number of carbonyl (C=O) groups is 3. The lowest BCUT2D eigenvalue weighted by Crippen LogP contribution is -2.49. The summed E-state index contributed by atoms with van der Waals surface area (Å²) in [6.45, 7) is 7.62. The molecule has 1 spiro atoms. The molecule has 2 aromatic rings. The molecule has 2 fully saturated rings. The van der Waals surface area contributed by atoms with Crippen LogP contribution in [0.3, 0.4) is 0 Å². The number of hydrogen-bond acceptors (Lipinski definition) is 6. The van der Waals surface area contributed by atoms with Gasteiger partial charge >= 0.3 is 0 Å². The summed E-state index contributed by atoms with van der Waals surface area (Å²) in [5.41, 5.74) is 2.12. The van der Waals surface area contributed by atoms with E-state index in [1.54, 1.807) is 23.0 Å². The minimum absolute atomic E-state index is 0.0267. The lowest BCUT2D eigenvalue weighted by Gasteiger charge is -2.32. The summed E-state index contributed by atoms with van der Waals surface area (Å²) in [4.78, 5) is 44.2. The van der Waals surface area contributed by atoms with Gasteiger partial charge in [0.1, 0.15) is 17.6 Å². The monoisotopic (exact) mass is 508 g/mol. The van der Waals surface area contributed by atoms with Gasteiger partial charge in [-0.3, -0.25) is 19.1 Å². The highest BCUT2D eigenvalue weighted by Gasteiger charge is 2.48. The van der Waals surface area contributed by atoms with Gasteiger partial charge in [0.25, 0.3) is 5.91 Å². The van der Waals surface area contributed by atoms with Crippen LogP contribution >= 0.6 is 0 Å². The minimum Gasteiger partial charge on any atom is -0.381 e. The van der Waals surface area contributed by atoms with Gasteiger partial charge in [-0.25, -0.2) is 4.98 Å². The van der Waals surface area contributed by atoms with Crippen LogP contribution in [-0.2, 0) is 26.3 Å². The van der Waals surface area contributed by atoms with Gasteiger partial charge in [-0.15, -0.1) is 0 Å². The highest BCUT2D eigenvalue weighted by atomic mass is 16.5. The van der Waals surface area contributed by atoms with Gasteiger partial charge in [0.15, 0.2) is 0 Å². The molecule has 2 aliphatic heterocycles. The van der Waals surface area contributed by atoms with E-state index in [9.17, 15) is 14.4 Å². The molecule has 0 unspecified atom stereocenters. The molecule has 0 radical (unpaired) electrons. The molecule has 1 atom stereocenters. The van der Waals surface area contributed by atoms with Gasteiger partial charge < -0.3 is 20.7 Å². The Morgan fingerprint density at radius 1 is 1.22 bits per heavy atom. The molecule has 2 aromatic heterocycles. The zero-order chi connectivity index (χ0) is 26.2. The van der Waals surface area contributed by atoms with Crippen LogP contribution < -0.4 is 16.0 Å². The predicted octanol–water partition coefficient (Wildman–Crippen LogP) is 3.17. The van der Waals surface area contributed by atoms with E-state index in [1.807, 2.05) is 13.8 Å². The number of hydrogen-bond donors (Lipinski definition) is 3. The normalized spacial score (nSPS) is 23.3. The van der Waals surface area contributed by atoms with Crippen molar-refractivity contribution in [2.24, 2.45) is 11.8 Å². The molecule has 4 heterocycles. The summed E-state index contributed by atoms with van der Waals surface area (Å²) in [5.74, 6) is 0.339. The first-order chi connectivity index (χ1) is 17.8. The molecule has 1 aliphatic carbocycles. The van der Waals surface area contributed by atoms with Gasteiger partial charge in [-0.05, 0) is 57.4 Å². The van der Waals surface area contributed by atoms with Crippen molar-refractivity contribution in [3.05, 3.63) is 35.3 Å². The van der Waals surface area contributed by atoms with Gasteiger partial charge in [-0.2, -0.15) is 5.10 Å². The fourth-order valence-electron chi connectivity index (χ4n) is 5.99. The van der Waals surface area contributed by atoms with Crippen molar-refractivity contribution < 1.29 is 19.1 Å². The van der Waals surface area contributed by atoms with Crippen LogP contribution in [0.2, 0.25) is 0 Å². The molecule has 1 saturated heterocycles. The second kappa shape index (κ2) is 10.2. The zero-order valence-corrected chi connectivity index (χ0v) is 21.8. The number of carbonyl (C=O) groups excluding carboxylic acids is 3. The lowest BCUT2D eigenvalue weighted by molar-refractivity contribution is -0.124. The molecule has 3 N–H and O–H groups in total. The van der Waals surface area contributed by atoms with Crippen molar-refractivity contribution in [3.8, 4) is 0 Å². The van der Waals surface area contributed by atoms with Crippen LogP contribution in [0.5, 0.6) is 0 Å². The maximum atomic E-state index is 13.6. The summed E-state index contributed by atoms with van der Waals surface area (Å²) in [7, 11) is 0. The van der Waals surface area contributed by atoms with Crippen molar-refractivity contribution in [3.63, 3.8) is 0 Å². The lowest BCUT2D eigenvalue weighted by atomic mass is 9.76. The van der Waals surface area contributed by atoms with Crippen molar-refractivity contribution >= 4 is 29.2 Å². The van der Waals surface area contributed by atoms with Gasteiger partial charge in [-0.1, -0.05) is 19.8 Å². The largest absolute Gasteiger partial charge is 0.381 e. The summed E-state index contributed by atoms with van der Waals surface area (Å²) < 4.78 is 7.12. The van der Waals surface area contributed by atoms with Crippen molar-refractivity contribution in [1.82, 2.24) is 20.1 Å². The summed E-state index contributed by atoms with van der Waals surface area (Å²) in [5, 5.41) is 13.3. The SMILES string of the molecule is CCn1nc(C)cc1C(=O)N[C@H](C(=O)Nc1cc2c(cn1)C1(CCOCC1)C(=O)N2)C1CCC(C)CC1. The van der Waals surface area contributed by atoms with Crippen LogP contribution in [-0.4, -0.2) is 51.7 Å². The number of ether oxygens (including phenoxy) is 1. The van der Waals surface area contributed by atoms with Gasteiger partial charge in [0.05, 0.1) is 16.8 Å². The highest BCUT2D eigenvalue weighted by molar-refractivity contribution is 6.07. The average molecular weight is 509 g/mol. The number of nitrogens with zero attached hydrogens (tertiary/aromatic N) is 3. The van der Waals surface area contributed by atoms with Crippen LogP contribution in [0.15, 0.2) is 18.3 Å². The smallest absolute Gasteiger partial charge is 0.270 e. The Kier molecular flexibility index (Phi) is 7.02. The van der Waals surface area contributed by atoms with E-state index >= 15 is 0 Å². The Bertz CT molecular complexity index is 1190. The molecule has 0 aromatic carbocycles. The molecule has 37 heavy (non-hydrogen) atoms. The second-order valence-electron chi connectivity index (χ2n) is 10.7. The van der Waals surface area contributed by atoms with E-state index in [4.69, 9.17) is 4.74 Å². The van der Waals surface area contributed by atoms with E-state index in [0.717, 1.165) is 36.9 Å². The molecule has 5 rings (SSSR count). The van der Waals surface area contributed by atoms with E-state index in [1.165, 1.54) is 0 Å². The average Bonchev–Trinajstić information content (AvgIpc) is 3.40. The van der Waals surface area contributed by atoms with E-state index in [0.29, 0.717) is 55.7 Å². The number of nitrogens with one attached hydrogen (secondary N) is 3. The zero-order valence-electron chi connectivity index (χ0n) is 21.8. The first-order valence-electron chi connectivity index (χ1n) is 13.4. The maximum absolute atomic E-state index is 13.6. The van der Waals surface area contributed by atoms with E-state index in [2.05, 4.69) is 33.0 Å². The standard InChI is InChI=1S/C27H36N6O4/c1-4-33-21(13-17(3)32-33)24(34)31-23(18-7-5-16(2)6-8-18)25(35)30-22-14-20-19(15-28-22)27(26(36)29-20)9-11-37-12-10-27/h13-16,18,23H,4-12H2,1-3H3,(H,29,36)(H,31,34)(H,28,30,35)/t16?,18?,23-/m0/s1. The van der Waals surface area contributed by atoms with Crippen molar-refractivity contribution in [2.45, 2.75) is 77.3 Å². The molecule has 3 amide bonds. The molecule has 198 valence electrons. The Morgan fingerprint density at radius 3 is 2.65 bits per heavy atom. The van der Waals surface area contributed by atoms with E-state index < -0.39 is 11.5 Å².